The third kappa shape index (κ3) is 5.43. The Hall–Kier alpha value is -0.570. The molecule has 0 amide bonds. The summed E-state index contributed by atoms with van der Waals surface area (Å²) in [6, 6.07) is 0. The highest BCUT2D eigenvalue weighted by Crippen LogP contribution is 1.58. The van der Waals surface area contributed by atoms with Crippen molar-refractivity contribution in [3.8, 4) is 0 Å². The first-order valence-electron chi connectivity index (χ1n) is 1.47. The molecule has 0 aromatic heterocycles. The van der Waals surface area contributed by atoms with Crippen LogP contribution in [0.5, 0.6) is 0 Å². The maximum absolute atomic E-state index is 9.55. The second-order valence-corrected chi connectivity index (χ2v) is 1.41. The lowest BCUT2D eigenvalue weighted by molar-refractivity contribution is 0.531. The SMILES string of the molecule is C=C=CNS(=O)[O-]. The zero-order chi connectivity index (χ0) is 5.70. The van der Waals surface area contributed by atoms with Crippen LogP contribution in [0.3, 0.4) is 0 Å². The molecule has 0 radical (unpaired) electrons. The van der Waals surface area contributed by atoms with E-state index in [2.05, 4.69) is 12.3 Å². The van der Waals surface area contributed by atoms with E-state index in [1.54, 1.807) is 0 Å². The summed E-state index contributed by atoms with van der Waals surface area (Å²) >= 11 is -2.22. The van der Waals surface area contributed by atoms with Crippen molar-refractivity contribution in [1.82, 2.24) is 4.72 Å². The molecule has 1 N–H and O–H groups in total. The van der Waals surface area contributed by atoms with Crippen LogP contribution in [-0.4, -0.2) is 8.76 Å². The van der Waals surface area contributed by atoms with E-state index in [4.69, 9.17) is 0 Å². The fraction of sp³-hybridized carbons (Fsp3) is 0. The molecule has 0 aromatic carbocycles. The predicted molar refractivity (Wildman–Crippen MR) is 25.8 cm³/mol. The summed E-state index contributed by atoms with van der Waals surface area (Å²) in [5.74, 6) is 0. The summed E-state index contributed by atoms with van der Waals surface area (Å²) in [4.78, 5) is 0. The molecule has 0 aliphatic carbocycles. The fourth-order valence-corrected chi connectivity index (χ4v) is 0.269. The minimum atomic E-state index is -2.22. The molecule has 0 bridgehead atoms. The van der Waals surface area contributed by atoms with Crippen LogP contribution in [0.4, 0.5) is 0 Å². The topological polar surface area (TPSA) is 52.2 Å². The number of rotatable bonds is 2. The third-order valence-electron chi connectivity index (χ3n) is 0.257. The van der Waals surface area contributed by atoms with Gasteiger partial charge in [-0.2, -0.15) is 0 Å². The highest BCUT2D eigenvalue weighted by atomic mass is 32.2. The summed E-state index contributed by atoms with van der Waals surface area (Å²) in [6.07, 6.45) is 1.10. The molecule has 1 atom stereocenters. The Kier molecular flexibility index (Phi) is 3.32. The fourth-order valence-electron chi connectivity index (χ4n) is 0.0898. The Morgan fingerprint density at radius 1 is 2.00 bits per heavy atom. The predicted octanol–water partition coefficient (Wildman–Crippen LogP) is -0.331. The molecule has 0 spiro atoms. The molecule has 0 aromatic rings. The van der Waals surface area contributed by atoms with Crippen molar-refractivity contribution in [2.45, 2.75) is 0 Å². The van der Waals surface area contributed by atoms with Gasteiger partial charge in [-0.15, -0.1) is 5.73 Å². The summed E-state index contributed by atoms with van der Waals surface area (Å²) in [6.45, 7) is 3.12. The van der Waals surface area contributed by atoms with Crippen molar-refractivity contribution in [3.63, 3.8) is 0 Å². The van der Waals surface area contributed by atoms with Gasteiger partial charge in [0.05, 0.1) is 6.20 Å². The molecular weight excluding hydrogens is 114 g/mol. The van der Waals surface area contributed by atoms with E-state index >= 15 is 0 Å². The monoisotopic (exact) mass is 118 g/mol. The quantitative estimate of drug-likeness (QED) is 0.398. The van der Waals surface area contributed by atoms with E-state index in [9.17, 15) is 8.76 Å². The smallest absolute Gasteiger partial charge is 0.0502 e. The van der Waals surface area contributed by atoms with Gasteiger partial charge in [0.1, 0.15) is 0 Å². The molecule has 0 fully saturated rings. The van der Waals surface area contributed by atoms with Crippen LogP contribution < -0.4 is 4.72 Å². The molecule has 1 unspecified atom stereocenters. The normalized spacial score (nSPS) is 11.6. The molecule has 0 saturated carbocycles. The van der Waals surface area contributed by atoms with Crippen LogP contribution in [0.15, 0.2) is 18.5 Å². The summed E-state index contributed by atoms with van der Waals surface area (Å²) < 4.78 is 21.0. The van der Waals surface area contributed by atoms with Crippen LogP contribution in [-0.2, 0) is 11.3 Å². The Bertz CT molecular complexity index is 116. The van der Waals surface area contributed by atoms with Gasteiger partial charge in [0.15, 0.2) is 0 Å². The summed E-state index contributed by atoms with van der Waals surface area (Å²) in [5.41, 5.74) is 2.22. The van der Waals surface area contributed by atoms with E-state index < -0.39 is 11.3 Å². The van der Waals surface area contributed by atoms with E-state index in [1.807, 2.05) is 4.72 Å². The Morgan fingerprint density at radius 2 is 2.57 bits per heavy atom. The molecule has 7 heavy (non-hydrogen) atoms. The molecule has 0 saturated heterocycles. The minimum absolute atomic E-state index is 1.10. The van der Waals surface area contributed by atoms with Crippen molar-refractivity contribution < 1.29 is 8.76 Å². The van der Waals surface area contributed by atoms with Gasteiger partial charge in [0, 0.05) is 11.3 Å². The highest BCUT2D eigenvalue weighted by molar-refractivity contribution is 7.77. The van der Waals surface area contributed by atoms with Crippen molar-refractivity contribution in [1.29, 1.82) is 0 Å². The van der Waals surface area contributed by atoms with E-state index in [1.165, 1.54) is 0 Å². The van der Waals surface area contributed by atoms with Gasteiger partial charge >= 0.3 is 0 Å². The second-order valence-electron chi connectivity index (χ2n) is 0.701. The zero-order valence-electron chi connectivity index (χ0n) is 3.51. The molecule has 4 heteroatoms. The third-order valence-corrected chi connectivity index (χ3v) is 0.568. The molecule has 3 nitrogen and oxygen atoms in total. The lowest BCUT2D eigenvalue weighted by Crippen LogP contribution is -2.06. The molecular formula is C3H4NO2S-. The first kappa shape index (κ1) is 6.43. The molecule has 0 heterocycles. The molecule has 40 valence electrons. The van der Waals surface area contributed by atoms with Crippen molar-refractivity contribution in [3.05, 3.63) is 18.5 Å². The number of nitrogens with one attached hydrogen (secondary N) is 1. The maximum atomic E-state index is 9.55. The van der Waals surface area contributed by atoms with Gasteiger partial charge < -0.3 is 9.27 Å². The highest BCUT2D eigenvalue weighted by Gasteiger charge is 1.63. The second kappa shape index (κ2) is 3.61. The van der Waals surface area contributed by atoms with Gasteiger partial charge in [-0.05, 0) is 0 Å². The minimum Gasteiger partial charge on any atom is -0.755 e. The summed E-state index contributed by atoms with van der Waals surface area (Å²) in [7, 11) is 0. The van der Waals surface area contributed by atoms with Crippen molar-refractivity contribution >= 4 is 11.3 Å². The lowest BCUT2D eigenvalue weighted by atomic mass is 10.9. The molecule has 0 aliphatic rings. The zero-order valence-corrected chi connectivity index (χ0v) is 4.33. The van der Waals surface area contributed by atoms with Crippen LogP contribution in [0.1, 0.15) is 0 Å². The van der Waals surface area contributed by atoms with E-state index in [-0.39, 0.29) is 0 Å². The maximum Gasteiger partial charge on any atom is 0.0502 e. The average molecular weight is 118 g/mol. The van der Waals surface area contributed by atoms with Crippen molar-refractivity contribution in [2.75, 3.05) is 0 Å². The van der Waals surface area contributed by atoms with E-state index in [0.717, 1.165) is 6.20 Å². The van der Waals surface area contributed by atoms with Crippen LogP contribution in [0.25, 0.3) is 0 Å². The van der Waals surface area contributed by atoms with Gasteiger partial charge in [0.2, 0.25) is 0 Å². The van der Waals surface area contributed by atoms with Gasteiger partial charge in [-0.1, -0.05) is 6.58 Å². The average Bonchev–Trinajstić information content (AvgIpc) is 1.61. The van der Waals surface area contributed by atoms with Crippen LogP contribution in [0.2, 0.25) is 0 Å². The largest absolute Gasteiger partial charge is 0.755 e. The molecule has 0 aliphatic heterocycles. The standard InChI is InChI=1S/C3H5NO2S/c1-2-3-4-7(5)6/h3-4H,1H2,(H,5,6)/p-1. The van der Waals surface area contributed by atoms with Gasteiger partial charge in [0.25, 0.3) is 0 Å². The lowest BCUT2D eigenvalue weighted by Gasteiger charge is -1.98. The van der Waals surface area contributed by atoms with Gasteiger partial charge in [-0.25, -0.2) is 0 Å². The summed E-state index contributed by atoms with van der Waals surface area (Å²) in [5, 5.41) is 0. The van der Waals surface area contributed by atoms with Gasteiger partial charge in [-0.3, -0.25) is 4.21 Å². The first-order chi connectivity index (χ1) is 3.27. The van der Waals surface area contributed by atoms with E-state index in [0.29, 0.717) is 0 Å². The Balaban J connectivity index is 3.32. The number of hydrogen-bond acceptors (Lipinski definition) is 2. The van der Waals surface area contributed by atoms with Crippen LogP contribution in [0, 0.1) is 0 Å². The van der Waals surface area contributed by atoms with Crippen molar-refractivity contribution in [2.24, 2.45) is 0 Å². The van der Waals surface area contributed by atoms with Crippen LogP contribution >= 0.6 is 0 Å². The Morgan fingerprint density at radius 3 is 2.71 bits per heavy atom. The Labute approximate surface area is 44.2 Å². The number of hydrogen-bond donors (Lipinski definition) is 1. The molecule has 0 rings (SSSR count). The first-order valence-corrected chi connectivity index (χ1v) is 2.54.